The Labute approximate surface area is 162 Å². The van der Waals surface area contributed by atoms with Crippen LogP contribution in [0.5, 0.6) is 5.88 Å². The largest absolute Gasteiger partial charge is 0.481 e. The van der Waals surface area contributed by atoms with Crippen molar-refractivity contribution >= 4 is 49.9 Å². The van der Waals surface area contributed by atoms with Crippen molar-refractivity contribution in [3.05, 3.63) is 34.4 Å². The lowest BCUT2D eigenvalue weighted by molar-refractivity contribution is 0.256. The average Bonchev–Trinajstić information content (AvgIpc) is 2.93. The quantitative estimate of drug-likeness (QED) is 0.528. The van der Waals surface area contributed by atoms with Crippen LogP contribution in [0.25, 0.3) is 0 Å². The summed E-state index contributed by atoms with van der Waals surface area (Å²) in [4.78, 5) is 20.6. The average molecular weight is 460 g/mol. The monoisotopic (exact) mass is 459 g/mol. The number of sulfonamides is 1. The molecule has 0 unspecified atom stereocenters. The number of nitrogens with zero attached hydrogens (tertiary/aromatic N) is 3. The number of hydrogen-bond donors (Lipinski definition) is 2. The molecule has 0 atom stereocenters. The zero-order chi connectivity index (χ0) is 18.9. The fraction of sp³-hybridized carbons (Fsp3) is 0.214. The molecular formula is C14H14BrN5O4S2. The molecule has 2 aromatic rings. The Morgan fingerprint density at radius 3 is 2.88 bits per heavy atom. The van der Waals surface area contributed by atoms with Crippen molar-refractivity contribution in [3.8, 4) is 5.88 Å². The molecule has 138 valence electrons. The minimum absolute atomic E-state index is 0.0484. The normalized spacial score (nSPS) is 14.0. The highest BCUT2D eigenvalue weighted by molar-refractivity contribution is 9.10. The summed E-state index contributed by atoms with van der Waals surface area (Å²) in [6.07, 6.45) is 0. The Morgan fingerprint density at radius 2 is 2.15 bits per heavy atom. The molecule has 1 aromatic heterocycles. The summed E-state index contributed by atoms with van der Waals surface area (Å²) in [6.45, 7) is 0.626. The summed E-state index contributed by atoms with van der Waals surface area (Å²) < 4.78 is 34.5. The van der Waals surface area contributed by atoms with Crippen LogP contribution in [0, 0.1) is 0 Å². The van der Waals surface area contributed by atoms with Gasteiger partial charge in [-0.25, -0.2) is 27.2 Å². The molecule has 1 aromatic carbocycles. The van der Waals surface area contributed by atoms with E-state index in [1.54, 1.807) is 6.07 Å². The van der Waals surface area contributed by atoms with Crippen molar-refractivity contribution in [1.29, 1.82) is 0 Å². The smallest absolute Gasteiger partial charge is 0.335 e. The summed E-state index contributed by atoms with van der Waals surface area (Å²) in [7, 11) is -0.791. The second-order valence-electron chi connectivity index (χ2n) is 5.24. The maximum Gasteiger partial charge on any atom is 0.335 e. The molecule has 0 saturated heterocycles. The van der Waals surface area contributed by atoms with Crippen molar-refractivity contribution in [2.24, 2.45) is 0 Å². The van der Waals surface area contributed by atoms with E-state index < -0.39 is 16.1 Å². The number of methoxy groups -OCH3 is 1. The number of carbonyl (C=O) groups is 1. The van der Waals surface area contributed by atoms with Crippen LogP contribution < -0.4 is 14.8 Å². The van der Waals surface area contributed by atoms with Crippen LogP contribution in [0.15, 0.2) is 38.7 Å². The van der Waals surface area contributed by atoms with Crippen LogP contribution in [-0.4, -0.2) is 42.9 Å². The topological polar surface area (TPSA) is 114 Å². The molecule has 0 fully saturated rings. The standard InChI is InChI=1S/C14H14BrN5O4S2/c1-20-7-8-4-3-5-9(12(8)25-20)26(22,23)19-14(21)18-13-16-10(15)6-11(17-13)24-2/h3-6H,7H2,1-2H3,(H2,16,17,18,19,21). The van der Waals surface area contributed by atoms with E-state index in [0.717, 1.165) is 5.56 Å². The first-order chi connectivity index (χ1) is 12.3. The van der Waals surface area contributed by atoms with E-state index in [1.165, 1.54) is 31.2 Å². The van der Waals surface area contributed by atoms with E-state index >= 15 is 0 Å². The minimum Gasteiger partial charge on any atom is -0.481 e. The van der Waals surface area contributed by atoms with Gasteiger partial charge in [-0.1, -0.05) is 12.1 Å². The van der Waals surface area contributed by atoms with Crippen molar-refractivity contribution in [1.82, 2.24) is 19.0 Å². The number of halogens is 1. The zero-order valence-corrected chi connectivity index (χ0v) is 16.9. The molecule has 0 spiro atoms. The molecule has 0 aliphatic carbocycles. The third-order valence-corrected chi connectivity index (χ3v) is 6.34. The number of benzene rings is 1. The second kappa shape index (κ2) is 7.39. The molecule has 3 rings (SSSR count). The van der Waals surface area contributed by atoms with Gasteiger partial charge in [0.1, 0.15) is 9.50 Å². The molecule has 2 N–H and O–H groups in total. The van der Waals surface area contributed by atoms with E-state index in [9.17, 15) is 13.2 Å². The van der Waals surface area contributed by atoms with Gasteiger partial charge in [0.25, 0.3) is 10.0 Å². The Morgan fingerprint density at radius 1 is 1.38 bits per heavy atom. The molecule has 9 nitrogen and oxygen atoms in total. The van der Waals surface area contributed by atoms with Crippen LogP contribution in [0.1, 0.15) is 5.56 Å². The van der Waals surface area contributed by atoms with Gasteiger partial charge in [0.05, 0.1) is 7.11 Å². The number of hydrogen-bond acceptors (Lipinski definition) is 8. The van der Waals surface area contributed by atoms with Gasteiger partial charge in [0.15, 0.2) is 0 Å². The third kappa shape index (κ3) is 4.09. The predicted octanol–water partition coefficient (Wildman–Crippen LogP) is 2.21. The van der Waals surface area contributed by atoms with E-state index in [1.807, 2.05) is 22.1 Å². The van der Waals surface area contributed by atoms with E-state index in [4.69, 9.17) is 4.74 Å². The summed E-state index contributed by atoms with van der Waals surface area (Å²) in [5.41, 5.74) is 0.890. The minimum atomic E-state index is -4.06. The van der Waals surface area contributed by atoms with Gasteiger partial charge in [-0.15, -0.1) is 0 Å². The number of aromatic nitrogens is 2. The molecule has 2 amide bonds. The summed E-state index contributed by atoms with van der Waals surface area (Å²) in [5.74, 6) is 0.113. The van der Waals surface area contributed by atoms with Gasteiger partial charge in [-0.2, -0.15) is 4.98 Å². The van der Waals surface area contributed by atoms with Crippen LogP contribution in [0.2, 0.25) is 0 Å². The zero-order valence-electron chi connectivity index (χ0n) is 13.7. The number of carbonyl (C=O) groups excluding carboxylic acids is 1. The molecule has 0 radical (unpaired) electrons. The first kappa shape index (κ1) is 18.9. The summed E-state index contributed by atoms with van der Waals surface area (Å²) >= 11 is 4.47. The lowest BCUT2D eigenvalue weighted by Crippen LogP contribution is -2.35. The number of nitrogens with one attached hydrogen (secondary N) is 2. The van der Waals surface area contributed by atoms with Crippen molar-refractivity contribution in [3.63, 3.8) is 0 Å². The molecular weight excluding hydrogens is 446 g/mol. The van der Waals surface area contributed by atoms with Gasteiger partial charge >= 0.3 is 6.03 Å². The third-order valence-electron chi connectivity index (χ3n) is 3.32. The molecule has 0 bridgehead atoms. The van der Waals surface area contributed by atoms with Crippen molar-refractivity contribution in [2.75, 3.05) is 19.5 Å². The lowest BCUT2D eigenvalue weighted by atomic mass is 10.2. The molecule has 12 heteroatoms. The number of fused-ring (bicyclic) bond motifs is 1. The van der Waals surface area contributed by atoms with E-state index in [2.05, 4.69) is 31.2 Å². The Balaban J connectivity index is 1.80. The number of urea groups is 1. The molecule has 1 aliphatic heterocycles. The van der Waals surface area contributed by atoms with Gasteiger partial charge in [-0.3, -0.25) is 5.32 Å². The fourth-order valence-electron chi connectivity index (χ4n) is 2.29. The highest BCUT2D eigenvalue weighted by Crippen LogP contribution is 2.38. The number of amides is 2. The van der Waals surface area contributed by atoms with Gasteiger partial charge < -0.3 is 4.74 Å². The van der Waals surface area contributed by atoms with Crippen LogP contribution in [0.4, 0.5) is 10.7 Å². The molecule has 2 heterocycles. The first-order valence-corrected chi connectivity index (χ1v) is 10.3. The second-order valence-corrected chi connectivity index (χ2v) is 8.92. The Kier molecular flexibility index (Phi) is 5.37. The summed E-state index contributed by atoms with van der Waals surface area (Å²) in [5, 5.41) is 2.28. The maximum absolute atomic E-state index is 12.6. The highest BCUT2D eigenvalue weighted by Gasteiger charge is 2.28. The fourth-order valence-corrected chi connectivity index (χ4v) is 5.06. The van der Waals surface area contributed by atoms with E-state index in [0.29, 0.717) is 16.0 Å². The van der Waals surface area contributed by atoms with Crippen molar-refractivity contribution < 1.29 is 17.9 Å². The molecule has 0 saturated carbocycles. The maximum atomic E-state index is 12.6. The van der Waals surface area contributed by atoms with Crippen LogP contribution in [0.3, 0.4) is 0 Å². The van der Waals surface area contributed by atoms with Gasteiger partial charge in [-0.05, 0) is 46.6 Å². The Bertz CT molecular complexity index is 970. The van der Waals surface area contributed by atoms with Gasteiger partial charge in [0.2, 0.25) is 11.8 Å². The first-order valence-electron chi connectivity index (χ1n) is 7.22. The number of rotatable bonds is 4. The SMILES string of the molecule is COc1cc(Br)nc(NC(=O)NS(=O)(=O)c2cccc3c2SN(C)C3)n1. The van der Waals surface area contributed by atoms with Gasteiger partial charge in [0, 0.05) is 17.5 Å². The number of anilines is 1. The van der Waals surface area contributed by atoms with Crippen molar-refractivity contribution in [2.45, 2.75) is 16.3 Å². The lowest BCUT2D eigenvalue weighted by Gasteiger charge is -2.11. The number of ether oxygens (including phenoxy) is 1. The van der Waals surface area contributed by atoms with E-state index in [-0.39, 0.29) is 16.7 Å². The highest BCUT2D eigenvalue weighted by atomic mass is 79.9. The van der Waals surface area contributed by atoms with Crippen LogP contribution >= 0.6 is 27.9 Å². The Hall–Kier alpha value is -1.89. The molecule has 1 aliphatic rings. The summed E-state index contributed by atoms with van der Waals surface area (Å²) in [6, 6.07) is 5.49. The van der Waals surface area contributed by atoms with Crippen LogP contribution in [-0.2, 0) is 16.6 Å². The predicted molar refractivity (Wildman–Crippen MR) is 99.4 cm³/mol. The molecule has 26 heavy (non-hydrogen) atoms.